The molecule has 1 aromatic rings. The van der Waals surface area contributed by atoms with Crippen molar-refractivity contribution in [2.45, 2.75) is 44.8 Å². The summed E-state index contributed by atoms with van der Waals surface area (Å²) in [5, 5.41) is 6.11. The molecule has 1 fully saturated rings. The lowest BCUT2D eigenvalue weighted by Crippen LogP contribution is -2.58. The number of carbonyl (C=O) groups excluding carboxylic acids is 1. The van der Waals surface area contributed by atoms with E-state index in [2.05, 4.69) is 31.5 Å². The lowest BCUT2D eigenvalue weighted by molar-refractivity contribution is 0.0426. The van der Waals surface area contributed by atoms with Crippen LogP contribution in [0.2, 0.25) is 0 Å². The van der Waals surface area contributed by atoms with Gasteiger partial charge in [-0.15, -0.1) is 0 Å². The van der Waals surface area contributed by atoms with E-state index in [-0.39, 0.29) is 5.56 Å². The summed E-state index contributed by atoms with van der Waals surface area (Å²) in [6.45, 7) is 6.68. The van der Waals surface area contributed by atoms with Gasteiger partial charge in [-0.25, -0.2) is 9.78 Å². The van der Waals surface area contributed by atoms with E-state index in [9.17, 15) is 9.59 Å². The lowest BCUT2D eigenvalue weighted by Gasteiger charge is -2.37. The monoisotopic (exact) mass is 386 g/mol. The number of alkyl carbamates (subject to hydrolysis) is 1. The van der Waals surface area contributed by atoms with Crippen LogP contribution in [0, 0.1) is 0 Å². The Balaban J connectivity index is 2.41. The number of rotatable bonds is 2. The number of hydrogen-bond acceptors (Lipinski definition) is 5. The van der Waals surface area contributed by atoms with Gasteiger partial charge in [0.25, 0.3) is 5.56 Å². The van der Waals surface area contributed by atoms with Gasteiger partial charge >= 0.3 is 6.09 Å². The average molecular weight is 387 g/mol. The molecular weight excluding hydrogens is 364 g/mol. The highest BCUT2D eigenvalue weighted by atomic mass is 79.9. The zero-order chi connectivity index (χ0) is 17.3. The van der Waals surface area contributed by atoms with Gasteiger partial charge in [0.05, 0.1) is 0 Å². The van der Waals surface area contributed by atoms with Crippen LogP contribution in [-0.2, 0) is 17.3 Å². The Hall–Kier alpha value is -1.41. The smallest absolute Gasteiger partial charge is 0.408 e. The van der Waals surface area contributed by atoms with Gasteiger partial charge in [0.2, 0.25) is 0 Å². The highest BCUT2D eigenvalue weighted by molar-refractivity contribution is 9.10. The third kappa shape index (κ3) is 4.32. The van der Waals surface area contributed by atoms with Gasteiger partial charge in [0.15, 0.2) is 0 Å². The highest BCUT2D eigenvalue weighted by Crippen LogP contribution is 2.26. The molecule has 0 saturated carbocycles. The minimum Gasteiger partial charge on any atom is -0.444 e. The molecule has 1 aliphatic rings. The number of carbonyl (C=O) groups is 1. The molecule has 0 aliphatic carbocycles. The SMILES string of the molecule is Cn1cc(Br)nc([C@]2(NC(=O)OC(C)(C)C)CCCNC2)c1=O. The van der Waals surface area contributed by atoms with Crippen molar-refractivity contribution >= 4 is 22.0 Å². The zero-order valence-electron chi connectivity index (χ0n) is 13.9. The molecule has 0 radical (unpaired) electrons. The fourth-order valence-electron chi connectivity index (χ4n) is 2.65. The standard InChI is InChI=1S/C15H23BrN4O3/c1-14(2,3)23-13(22)19-15(6-5-7-17-9-15)11-12(21)20(4)8-10(16)18-11/h8,17H,5-7,9H2,1-4H3,(H,19,22)/t15-/m0/s1. The molecule has 0 aromatic carbocycles. The molecule has 1 amide bonds. The van der Waals surface area contributed by atoms with Crippen molar-refractivity contribution in [2.75, 3.05) is 13.1 Å². The van der Waals surface area contributed by atoms with Crippen LogP contribution < -0.4 is 16.2 Å². The molecule has 0 spiro atoms. The quantitative estimate of drug-likeness (QED) is 0.806. The van der Waals surface area contributed by atoms with E-state index < -0.39 is 17.2 Å². The fourth-order valence-corrected chi connectivity index (χ4v) is 3.14. The number of hydrogen-bond donors (Lipinski definition) is 2. The van der Waals surface area contributed by atoms with E-state index in [1.807, 2.05) is 0 Å². The molecule has 2 rings (SSSR count). The number of aromatic nitrogens is 2. The Morgan fingerprint density at radius 3 is 2.78 bits per heavy atom. The molecule has 23 heavy (non-hydrogen) atoms. The summed E-state index contributed by atoms with van der Waals surface area (Å²) in [7, 11) is 1.66. The predicted octanol–water partition coefficient (Wildman–Crippen LogP) is 1.65. The van der Waals surface area contributed by atoms with E-state index in [1.54, 1.807) is 34.0 Å². The van der Waals surface area contributed by atoms with Crippen molar-refractivity contribution < 1.29 is 9.53 Å². The highest BCUT2D eigenvalue weighted by Gasteiger charge is 2.40. The molecule has 0 bridgehead atoms. The van der Waals surface area contributed by atoms with Crippen molar-refractivity contribution in [1.82, 2.24) is 20.2 Å². The number of nitrogens with one attached hydrogen (secondary N) is 2. The predicted molar refractivity (Wildman–Crippen MR) is 90.3 cm³/mol. The van der Waals surface area contributed by atoms with E-state index in [0.29, 0.717) is 23.3 Å². The molecule has 1 saturated heterocycles. The molecule has 7 nitrogen and oxygen atoms in total. The van der Waals surface area contributed by atoms with Crippen molar-refractivity contribution in [3.8, 4) is 0 Å². The number of aryl methyl sites for hydroxylation is 1. The van der Waals surface area contributed by atoms with Gasteiger partial charge in [0.1, 0.15) is 21.4 Å². The molecule has 1 aromatic heterocycles. The largest absolute Gasteiger partial charge is 0.444 e. The lowest BCUT2D eigenvalue weighted by atomic mass is 9.87. The molecular formula is C15H23BrN4O3. The first-order valence-electron chi connectivity index (χ1n) is 7.58. The van der Waals surface area contributed by atoms with E-state index in [4.69, 9.17) is 4.74 Å². The molecule has 2 N–H and O–H groups in total. The number of amides is 1. The molecule has 0 unspecified atom stereocenters. The topological polar surface area (TPSA) is 85.2 Å². The van der Waals surface area contributed by atoms with Crippen LogP contribution in [0.25, 0.3) is 0 Å². The maximum Gasteiger partial charge on any atom is 0.408 e. The van der Waals surface area contributed by atoms with Crippen LogP contribution >= 0.6 is 15.9 Å². The van der Waals surface area contributed by atoms with Crippen molar-refractivity contribution in [2.24, 2.45) is 7.05 Å². The van der Waals surface area contributed by atoms with E-state index >= 15 is 0 Å². The van der Waals surface area contributed by atoms with Gasteiger partial charge in [0, 0.05) is 19.8 Å². The van der Waals surface area contributed by atoms with Crippen molar-refractivity contribution in [1.29, 1.82) is 0 Å². The third-order valence-electron chi connectivity index (χ3n) is 3.62. The minimum absolute atomic E-state index is 0.229. The summed E-state index contributed by atoms with van der Waals surface area (Å²) < 4.78 is 7.37. The summed E-state index contributed by atoms with van der Waals surface area (Å²) >= 11 is 3.32. The summed E-state index contributed by atoms with van der Waals surface area (Å²) in [4.78, 5) is 29.2. The maximum atomic E-state index is 12.6. The molecule has 128 valence electrons. The fraction of sp³-hybridized carbons (Fsp3) is 0.667. The Morgan fingerprint density at radius 1 is 1.52 bits per heavy atom. The second-order valence-electron chi connectivity index (χ2n) is 6.82. The van der Waals surface area contributed by atoms with Crippen LogP contribution in [0.1, 0.15) is 39.3 Å². The third-order valence-corrected chi connectivity index (χ3v) is 4.00. The summed E-state index contributed by atoms with van der Waals surface area (Å²) in [6.07, 6.45) is 2.50. The normalized spacial score (nSPS) is 21.8. The molecule has 1 atom stereocenters. The maximum absolute atomic E-state index is 12.6. The first-order chi connectivity index (χ1) is 10.6. The number of nitrogens with zero attached hydrogens (tertiary/aromatic N) is 2. The molecule has 2 heterocycles. The van der Waals surface area contributed by atoms with Gasteiger partial charge in [-0.1, -0.05) is 0 Å². The van der Waals surface area contributed by atoms with Gasteiger partial charge in [-0.2, -0.15) is 0 Å². The average Bonchev–Trinajstić information content (AvgIpc) is 2.41. The first-order valence-corrected chi connectivity index (χ1v) is 8.38. The van der Waals surface area contributed by atoms with Gasteiger partial charge in [-0.05, 0) is 56.1 Å². The second kappa shape index (κ2) is 6.60. The first kappa shape index (κ1) is 17.9. The Bertz CT molecular complexity index is 645. The summed E-state index contributed by atoms with van der Waals surface area (Å²) in [5.74, 6) is 0. The zero-order valence-corrected chi connectivity index (χ0v) is 15.5. The van der Waals surface area contributed by atoms with Crippen molar-refractivity contribution in [3.63, 3.8) is 0 Å². The van der Waals surface area contributed by atoms with Gasteiger partial charge in [-0.3, -0.25) is 4.79 Å². The molecule has 8 heteroatoms. The van der Waals surface area contributed by atoms with E-state index in [0.717, 1.165) is 13.0 Å². The Morgan fingerprint density at radius 2 is 2.22 bits per heavy atom. The second-order valence-corrected chi connectivity index (χ2v) is 7.63. The van der Waals surface area contributed by atoms with Crippen LogP contribution in [0.15, 0.2) is 15.6 Å². The van der Waals surface area contributed by atoms with Crippen LogP contribution in [0.3, 0.4) is 0 Å². The van der Waals surface area contributed by atoms with E-state index in [1.165, 1.54) is 4.57 Å². The van der Waals surface area contributed by atoms with Crippen LogP contribution in [-0.4, -0.2) is 34.3 Å². The Labute approximate surface area is 143 Å². The van der Waals surface area contributed by atoms with Crippen LogP contribution in [0.5, 0.6) is 0 Å². The number of piperidine rings is 1. The van der Waals surface area contributed by atoms with Crippen molar-refractivity contribution in [3.05, 3.63) is 26.8 Å². The van der Waals surface area contributed by atoms with Gasteiger partial charge < -0.3 is 19.9 Å². The van der Waals surface area contributed by atoms with Crippen LogP contribution in [0.4, 0.5) is 4.79 Å². The summed E-state index contributed by atoms with van der Waals surface area (Å²) in [6, 6.07) is 0. The molecule has 1 aliphatic heterocycles. The summed E-state index contributed by atoms with van der Waals surface area (Å²) in [5.41, 5.74) is -1.40. The Kier molecular flexibility index (Phi) is 5.15. The number of halogens is 1. The number of ether oxygens (including phenoxy) is 1. The minimum atomic E-state index is -0.876.